The summed E-state index contributed by atoms with van der Waals surface area (Å²) in [5, 5.41) is 5.70. The molecule has 28 heavy (non-hydrogen) atoms. The number of aryl methyl sites for hydroxylation is 1. The Hall–Kier alpha value is -1.86. The van der Waals surface area contributed by atoms with Crippen LogP contribution in [0, 0.1) is 0 Å². The van der Waals surface area contributed by atoms with Crippen LogP contribution in [0.5, 0.6) is 0 Å². The molecule has 2 heterocycles. The Morgan fingerprint density at radius 2 is 1.89 bits per heavy atom. The number of carbonyl (C=O) groups excluding carboxylic acids is 2. The molecule has 1 aromatic rings. The van der Waals surface area contributed by atoms with Crippen molar-refractivity contribution in [2.45, 2.75) is 65.1 Å². The number of likely N-dealkylation sites (N-methyl/N-ethyl adjacent to an activating group) is 1. The molecule has 2 atom stereocenters. The number of likely N-dealkylation sites (tertiary alicyclic amines) is 1. The van der Waals surface area contributed by atoms with Crippen LogP contribution in [0.4, 0.5) is 0 Å². The SMILES string of the molecule is CCc1oc(C(=O)NC[C@@H]2CC[C@H](CC(=O)NC)N2C)cc1CN(CC)CC. The Bertz CT molecular complexity index is 654. The zero-order chi connectivity index (χ0) is 20.7. The standard InChI is InChI=1S/C21H36N4O3/c1-6-18-15(14-25(7-2)8-3)11-19(28-18)21(27)23-13-17-10-9-16(24(17)5)12-20(26)22-4/h11,16-17H,6-10,12-14H2,1-5H3,(H,22,26)(H,23,27)/t16-,17+/m1/s1. The molecule has 1 fully saturated rings. The molecule has 0 saturated carbocycles. The molecule has 1 saturated heterocycles. The summed E-state index contributed by atoms with van der Waals surface area (Å²) in [6, 6.07) is 2.37. The first kappa shape index (κ1) is 22.4. The van der Waals surface area contributed by atoms with Gasteiger partial charge in [-0.1, -0.05) is 20.8 Å². The van der Waals surface area contributed by atoms with Gasteiger partial charge in [-0.2, -0.15) is 0 Å². The summed E-state index contributed by atoms with van der Waals surface area (Å²) in [6.45, 7) is 9.63. The minimum absolute atomic E-state index is 0.0601. The zero-order valence-electron chi connectivity index (χ0n) is 18.0. The number of carbonyl (C=O) groups is 2. The van der Waals surface area contributed by atoms with Gasteiger partial charge in [0.15, 0.2) is 5.76 Å². The Balaban J connectivity index is 1.93. The molecule has 0 bridgehead atoms. The van der Waals surface area contributed by atoms with Crippen LogP contribution in [0.25, 0.3) is 0 Å². The third-order valence-electron chi connectivity index (χ3n) is 5.91. The zero-order valence-corrected chi connectivity index (χ0v) is 18.0. The van der Waals surface area contributed by atoms with Gasteiger partial charge in [-0.15, -0.1) is 0 Å². The predicted octanol–water partition coefficient (Wildman–Crippen LogP) is 2.01. The molecule has 2 rings (SSSR count). The van der Waals surface area contributed by atoms with E-state index in [1.165, 1.54) is 0 Å². The number of nitrogens with one attached hydrogen (secondary N) is 2. The van der Waals surface area contributed by atoms with Gasteiger partial charge in [0, 0.05) is 50.6 Å². The molecule has 1 aromatic heterocycles. The van der Waals surface area contributed by atoms with Gasteiger partial charge < -0.3 is 15.1 Å². The van der Waals surface area contributed by atoms with Gasteiger partial charge in [-0.3, -0.25) is 19.4 Å². The van der Waals surface area contributed by atoms with E-state index in [-0.39, 0.29) is 23.9 Å². The first-order valence-corrected chi connectivity index (χ1v) is 10.5. The third kappa shape index (κ3) is 5.58. The lowest BCUT2D eigenvalue weighted by molar-refractivity contribution is -0.121. The van der Waals surface area contributed by atoms with Crippen molar-refractivity contribution in [3.63, 3.8) is 0 Å². The van der Waals surface area contributed by atoms with E-state index in [0.29, 0.717) is 18.7 Å². The lowest BCUT2D eigenvalue weighted by Gasteiger charge is -2.25. The minimum Gasteiger partial charge on any atom is -0.456 e. The van der Waals surface area contributed by atoms with Crippen molar-refractivity contribution in [3.05, 3.63) is 23.2 Å². The largest absolute Gasteiger partial charge is 0.456 e. The number of furan rings is 1. The molecule has 158 valence electrons. The molecular formula is C21H36N4O3. The first-order chi connectivity index (χ1) is 13.4. The van der Waals surface area contributed by atoms with Gasteiger partial charge >= 0.3 is 0 Å². The molecule has 1 aliphatic rings. The lowest BCUT2D eigenvalue weighted by atomic mass is 10.1. The smallest absolute Gasteiger partial charge is 0.287 e. The van der Waals surface area contributed by atoms with E-state index in [9.17, 15) is 9.59 Å². The normalized spacial score (nSPS) is 19.9. The summed E-state index contributed by atoms with van der Waals surface area (Å²) in [7, 11) is 3.69. The Kier molecular flexibility index (Phi) is 8.51. The van der Waals surface area contributed by atoms with Crippen LogP contribution in [-0.2, 0) is 17.8 Å². The molecule has 0 radical (unpaired) electrons. The number of nitrogens with zero attached hydrogens (tertiary/aromatic N) is 2. The summed E-state index contributed by atoms with van der Waals surface area (Å²) < 4.78 is 5.84. The van der Waals surface area contributed by atoms with Crippen LogP contribution in [0.2, 0.25) is 0 Å². The molecule has 0 unspecified atom stereocenters. The highest BCUT2D eigenvalue weighted by molar-refractivity contribution is 5.91. The van der Waals surface area contributed by atoms with Crippen LogP contribution in [-0.4, -0.2) is 67.4 Å². The van der Waals surface area contributed by atoms with Gasteiger partial charge in [0.1, 0.15) is 5.76 Å². The van der Waals surface area contributed by atoms with Crippen molar-refractivity contribution in [3.8, 4) is 0 Å². The fraction of sp³-hybridized carbons (Fsp3) is 0.714. The van der Waals surface area contributed by atoms with E-state index < -0.39 is 0 Å². The summed E-state index contributed by atoms with van der Waals surface area (Å²) in [4.78, 5) is 28.8. The maximum absolute atomic E-state index is 12.6. The molecular weight excluding hydrogens is 356 g/mol. The Morgan fingerprint density at radius 3 is 2.50 bits per heavy atom. The molecule has 0 aromatic carbocycles. The summed E-state index contributed by atoms with van der Waals surface area (Å²) >= 11 is 0. The van der Waals surface area contributed by atoms with Crippen LogP contribution in [0.3, 0.4) is 0 Å². The maximum atomic E-state index is 12.6. The van der Waals surface area contributed by atoms with Crippen molar-refractivity contribution in [2.75, 3.05) is 33.7 Å². The van der Waals surface area contributed by atoms with Gasteiger partial charge in [0.05, 0.1) is 0 Å². The topological polar surface area (TPSA) is 77.8 Å². The van der Waals surface area contributed by atoms with E-state index >= 15 is 0 Å². The van der Waals surface area contributed by atoms with Crippen molar-refractivity contribution < 1.29 is 14.0 Å². The quantitative estimate of drug-likeness (QED) is 0.637. The van der Waals surface area contributed by atoms with Gasteiger partial charge in [-0.25, -0.2) is 0 Å². The third-order valence-corrected chi connectivity index (χ3v) is 5.91. The first-order valence-electron chi connectivity index (χ1n) is 10.5. The fourth-order valence-corrected chi connectivity index (χ4v) is 3.90. The number of amides is 2. The molecule has 0 aliphatic carbocycles. The lowest BCUT2D eigenvalue weighted by Crippen LogP contribution is -2.42. The van der Waals surface area contributed by atoms with Gasteiger partial charge in [0.2, 0.25) is 5.91 Å². The van der Waals surface area contributed by atoms with Crippen molar-refractivity contribution in [2.24, 2.45) is 0 Å². The second kappa shape index (κ2) is 10.6. The molecule has 2 amide bonds. The molecule has 7 heteroatoms. The van der Waals surface area contributed by atoms with Crippen LogP contribution >= 0.6 is 0 Å². The minimum atomic E-state index is -0.163. The van der Waals surface area contributed by atoms with E-state index in [4.69, 9.17) is 4.42 Å². The van der Waals surface area contributed by atoms with E-state index in [1.807, 2.05) is 20.0 Å². The highest BCUT2D eigenvalue weighted by atomic mass is 16.4. The van der Waals surface area contributed by atoms with Crippen molar-refractivity contribution in [1.82, 2.24) is 20.4 Å². The second-order valence-electron chi connectivity index (χ2n) is 7.51. The fourth-order valence-electron chi connectivity index (χ4n) is 3.90. The second-order valence-corrected chi connectivity index (χ2v) is 7.51. The van der Waals surface area contributed by atoms with E-state index in [1.54, 1.807) is 7.05 Å². The van der Waals surface area contributed by atoms with Crippen LogP contribution < -0.4 is 10.6 Å². The molecule has 1 aliphatic heterocycles. The van der Waals surface area contributed by atoms with Gasteiger partial charge in [-0.05, 0) is 39.0 Å². The predicted molar refractivity (Wildman–Crippen MR) is 110 cm³/mol. The highest BCUT2D eigenvalue weighted by Gasteiger charge is 2.32. The van der Waals surface area contributed by atoms with E-state index in [2.05, 4.69) is 34.3 Å². The summed E-state index contributed by atoms with van der Waals surface area (Å²) in [5.74, 6) is 1.18. The Morgan fingerprint density at radius 1 is 1.21 bits per heavy atom. The Labute approximate surface area is 168 Å². The van der Waals surface area contributed by atoms with E-state index in [0.717, 1.165) is 50.2 Å². The van der Waals surface area contributed by atoms with Crippen LogP contribution in [0.1, 0.15) is 61.9 Å². The number of hydrogen-bond donors (Lipinski definition) is 2. The number of hydrogen-bond acceptors (Lipinski definition) is 5. The summed E-state index contributed by atoms with van der Waals surface area (Å²) in [5.41, 5.74) is 1.10. The number of rotatable bonds is 10. The van der Waals surface area contributed by atoms with Gasteiger partial charge in [0.25, 0.3) is 5.91 Å². The molecule has 7 nitrogen and oxygen atoms in total. The summed E-state index contributed by atoms with van der Waals surface area (Å²) in [6.07, 6.45) is 3.23. The highest BCUT2D eigenvalue weighted by Crippen LogP contribution is 2.24. The van der Waals surface area contributed by atoms with Crippen LogP contribution in [0.15, 0.2) is 10.5 Å². The van der Waals surface area contributed by atoms with Crippen molar-refractivity contribution in [1.29, 1.82) is 0 Å². The molecule has 2 N–H and O–H groups in total. The monoisotopic (exact) mass is 392 g/mol. The van der Waals surface area contributed by atoms with Crippen molar-refractivity contribution >= 4 is 11.8 Å². The average molecular weight is 393 g/mol. The molecule has 0 spiro atoms. The maximum Gasteiger partial charge on any atom is 0.287 e. The average Bonchev–Trinajstić information content (AvgIpc) is 3.27.